The van der Waals surface area contributed by atoms with E-state index < -0.39 is 4.92 Å². The molecule has 0 aliphatic carbocycles. The van der Waals surface area contributed by atoms with Crippen LogP contribution in [0.4, 0.5) is 11.4 Å². The second kappa shape index (κ2) is 5.40. The average molecular weight is 280 g/mol. The highest BCUT2D eigenvalue weighted by Gasteiger charge is 2.16. The van der Waals surface area contributed by atoms with Crippen molar-refractivity contribution < 1.29 is 4.92 Å². The zero-order chi connectivity index (χ0) is 14.0. The van der Waals surface area contributed by atoms with Crippen LogP contribution in [0, 0.1) is 10.1 Å². The average Bonchev–Trinajstić information content (AvgIpc) is 2.40. The van der Waals surface area contributed by atoms with Crippen molar-refractivity contribution in [1.29, 1.82) is 0 Å². The van der Waals surface area contributed by atoms with E-state index in [0.29, 0.717) is 10.9 Å². The Morgan fingerprint density at radius 3 is 2.63 bits per heavy atom. The maximum atomic E-state index is 10.9. The van der Waals surface area contributed by atoms with E-state index in [-0.39, 0.29) is 10.7 Å². The number of hydrogen-bond donors (Lipinski definition) is 0. The smallest absolute Gasteiger partial charge is 0.306 e. The van der Waals surface area contributed by atoms with Crippen LogP contribution in [0.15, 0.2) is 24.4 Å². The predicted octanol–water partition coefficient (Wildman–Crippen LogP) is 3.64. The predicted molar refractivity (Wildman–Crippen MR) is 77.0 cm³/mol. The van der Waals surface area contributed by atoms with Crippen molar-refractivity contribution >= 4 is 33.9 Å². The third-order valence-electron chi connectivity index (χ3n) is 3.09. The summed E-state index contributed by atoms with van der Waals surface area (Å²) in [6.45, 7) is 5.84. The van der Waals surface area contributed by atoms with Gasteiger partial charge in [0.05, 0.1) is 10.4 Å². The van der Waals surface area contributed by atoms with Crippen molar-refractivity contribution in [2.24, 2.45) is 0 Å². The fourth-order valence-electron chi connectivity index (χ4n) is 2.05. The molecule has 2 rings (SSSR count). The number of rotatable bonds is 4. The molecule has 0 unspecified atom stereocenters. The third-order valence-corrected chi connectivity index (χ3v) is 3.49. The van der Waals surface area contributed by atoms with E-state index in [1.54, 1.807) is 0 Å². The number of aromatic nitrogens is 1. The van der Waals surface area contributed by atoms with E-state index in [1.807, 2.05) is 18.2 Å². The standard InChI is InChI=1S/C13H14ClN3O2/c1-3-16(4-2)9-5-6-11-10(7-9)13(14)12(8-15-11)17(18)19/h5-8H,3-4H2,1-2H3. The summed E-state index contributed by atoms with van der Waals surface area (Å²) in [7, 11) is 0. The van der Waals surface area contributed by atoms with Crippen LogP contribution in [0.5, 0.6) is 0 Å². The monoisotopic (exact) mass is 279 g/mol. The van der Waals surface area contributed by atoms with Crippen LogP contribution in [0.25, 0.3) is 10.9 Å². The van der Waals surface area contributed by atoms with Gasteiger partial charge in [0.2, 0.25) is 0 Å². The molecular weight excluding hydrogens is 266 g/mol. The van der Waals surface area contributed by atoms with E-state index in [4.69, 9.17) is 11.6 Å². The van der Waals surface area contributed by atoms with Crippen LogP contribution in [0.1, 0.15) is 13.8 Å². The minimum absolute atomic E-state index is 0.143. The van der Waals surface area contributed by atoms with E-state index in [1.165, 1.54) is 6.20 Å². The molecule has 0 fully saturated rings. The molecule has 2 aromatic rings. The summed E-state index contributed by atoms with van der Waals surface area (Å²) in [4.78, 5) is 16.6. The van der Waals surface area contributed by atoms with Gasteiger partial charge in [-0.15, -0.1) is 0 Å². The Labute approximate surface area is 116 Å². The van der Waals surface area contributed by atoms with Crippen molar-refractivity contribution in [3.05, 3.63) is 39.5 Å². The Morgan fingerprint density at radius 2 is 2.05 bits per heavy atom. The molecule has 0 atom stereocenters. The highest BCUT2D eigenvalue weighted by Crippen LogP contribution is 2.33. The SMILES string of the molecule is CCN(CC)c1ccc2ncc([N+](=O)[O-])c(Cl)c2c1. The zero-order valence-corrected chi connectivity index (χ0v) is 11.5. The van der Waals surface area contributed by atoms with Gasteiger partial charge in [0.15, 0.2) is 0 Å². The van der Waals surface area contributed by atoms with Gasteiger partial charge in [-0.1, -0.05) is 11.6 Å². The molecule has 0 aliphatic heterocycles. The summed E-state index contributed by atoms with van der Waals surface area (Å²) in [6, 6.07) is 5.63. The lowest BCUT2D eigenvalue weighted by molar-refractivity contribution is -0.384. The Kier molecular flexibility index (Phi) is 3.85. The number of hydrogen-bond acceptors (Lipinski definition) is 4. The summed E-state index contributed by atoms with van der Waals surface area (Å²) in [5, 5.41) is 11.6. The van der Waals surface area contributed by atoms with Gasteiger partial charge < -0.3 is 4.90 Å². The van der Waals surface area contributed by atoms with Gasteiger partial charge in [-0.05, 0) is 32.0 Å². The molecule has 0 radical (unpaired) electrons. The van der Waals surface area contributed by atoms with Crippen LogP contribution < -0.4 is 4.90 Å². The molecule has 1 heterocycles. The number of pyridine rings is 1. The topological polar surface area (TPSA) is 59.3 Å². The van der Waals surface area contributed by atoms with Gasteiger partial charge in [0.1, 0.15) is 11.2 Å². The van der Waals surface area contributed by atoms with Crippen LogP contribution in [0.3, 0.4) is 0 Å². The van der Waals surface area contributed by atoms with Crippen molar-refractivity contribution in [1.82, 2.24) is 4.98 Å². The summed E-state index contributed by atoms with van der Waals surface area (Å²) in [6.07, 6.45) is 1.20. The molecule has 19 heavy (non-hydrogen) atoms. The lowest BCUT2D eigenvalue weighted by Gasteiger charge is -2.21. The summed E-state index contributed by atoms with van der Waals surface area (Å²) >= 11 is 6.10. The molecule has 0 spiro atoms. The van der Waals surface area contributed by atoms with Crippen LogP contribution in [-0.2, 0) is 0 Å². The minimum Gasteiger partial charge on any atom is -0.372 e. The molecule has 0 bridgehead atoms. The number of fused-ring (bicyclic) bond motifs is 1. The fourth-order valence-corrected chi connectivity index (χ4v) is 2.32. The van der Waals surface area contributed by atoms with E-state index in [9.17, 15) is 10.1 Å². The molecule has 0 N–H and O–H groups in total. The van der Waals surface area contributed by atoms with Gasteiger partial charge in [-0.2, -0.15) is 0 Å². The van der Waals surface area contributed by atoms with E-state index in [0.717, 1.165) is 18.8 Å². The second-order valence-corrected chi connectivity index (χ2v) is 4.47. The van der Waals surface area contributed by atoms with Gasteiger partial charge in [0.25, 0.3) is 0 Å². The summed E-state index contributed by atoms with van der Waals surface area (Å²) in [5.74, 6) is 0. The molecule has 6 heteroatoms. The molecule has 5 nitrogen and oxygen atoms in total. The second-order valence-electron chi connectivity index (χ2n) is 4.09. The Hall–Kier alpha value is -1.88. The third kappa shape index (κ3) is 2.46. The largest absolute Gasteiger partial charge is 0.372 e. The molecule has 1 aromatic heterocycles. The first kappa shape index (κ1) is 13.5. The molecule has 1 aromatic carbocycles. The number of benzene rings is 1. The summed E-state index contributed by atoms with van der Waals surface area (Å²) < 4.78 is 0. The molecule has 100 valence electrons. The first-order valence-corrected chi connectivity index (χ1v) is 6.43. The maximum Gasteiger partial charge on any atom is 0.306 e. The molecule has 0 saturated carbocycles. The van der Waals surface area contributed by atoms with E-state index >= 15 is 0 Å². The number of nitro groups is 1. The van der Waals surface area contributed by atoms with Crippen LogP contribution >= 0.6 is 11.6 Å². The Bertz CT molecular complexity index is 627. The van der Waals surface area contributed by atoms with Crippen LogP contribution in [0.2, 0.25) is 5.02 Å². The quantitative estimate of drug-likeness (QED) is 0.633. The molecule has 0 saturated heterocycles. The number of halogens is 1. The lowest BCUT2D eigenvalue weighted by atomic mass is 10.1. The van der Waals surface area contributed by atoms with Crippen molar-refractivity contribution in [3.63, 3.8) is 0 Å². The first-order chi connectivity index (χ1) is 9.08. The Morgan fingerprint density at radius 1 is 1.37 bits per heavy atom. The molecule has 0 aliphatic rings. The lowest BCUT2D eigenvalue weighted by Crippen LogP contribution is -2.21. The zero-order valence-electron chi connectivity index (χ0n) is 10.8. The minimum atomic E-state index is -0.515. The highest BCUT2D eigenvalue weighted by atomic mass is 35.5. The highest BCUT2D eigenvalue weighted by molar-refractivity contribution is 6.37. The van der Waals surface area contributed by atoms with Crippen molar-refractivity contribution in [2.45, 2.75) is 13.8 Å². The Balaban J connectivity index is 2.63. The summed E-state index contributed by atoms with van der Waals surface area (Å²) in [5.41, 5.74) is 1.49. The number of nitrogens with zero attached hydrogens (tertiary/aromatic N) is 3. The first-order valence-electron chi connectivity index (χ1n) is 6.06. The van der Waals surface area contributed by atoms with Gasteiger partial charge in [-0.3, -0.25) is 10.1 Å². The van der Waals surface area contributed by atoms with Crippen molar-refractivity contribution in [3.8, 4) is 0 Å². The molecule has 0 amide bonds. The van der Waals surface area contributed by atoms with Crippen LogP contribution in [-0.4, -0.2) is 23.0 Å². The maximum absolute atomic E-state index is 10.9. The normalized spacial score (nSPS) is 10.7. The van der Waals surface area contributed by atoms with Gasteiger partial charge in [-0.25, -0.2) is 4.98 Å². The fraction of sp³-hybridized carbons (Fsp3) is 0.308. The van der Waals surface area contributed by atoms with Gasteiger partial charge in [0, 0.05) is 24.2 Å². The van der Waals surface area contributed by atoms with Gasteiger partial charge >= 0.3 is 5.69 Å². The number of anilines is 1. The molecular formula is C13H14ClN3O2. The van der Waals surface area contributed by atoms with E-state index in [2.05, 4.69) is 23.7 Å². The van der Waals surface area contributed by atoms with Crippen molar-refractivity contribution in [2.75, 3.05) is 18.0 Å².